The number of carbonyl (C=O) groups is 2. The molecule has 6 heteroatoms. The first-order chi connectivity index (χ1) is 9.29. The van der Waals surface area contributed by atoms with Crippen LogP contribution in [0.5, 0.6) is 0 Å². The van der Waals surface area contributed by atoms with E-state index in [2.05, 4.69) is 19.2 Å². The molecule has 3 N–H and O–H groups in total. The van der Waals surface area contributed by atoms with Crippen molar-refractivity contribution in [1.82, 2.24) is 10.2 Å². The number of likely N-dealkylation sites (tertiary alicyclic amines) is 1. The van der Waals surface area contributed by atoms with Gasteiger partial charge in [-0.25, -0.2) is 0 Å². The standard InChI is InChI=1S/C14H26N2O4/c1-9(2)4-5-10(3)15-13(18)8-16-7-11(17)6-12(16)14(19)20/h9-12,17H,4-8H2,1-3H3,(H,15,18)(H,19,20). The van der Waals surface area contributed by atoms with Gasteiger partial charge in [-0.15, -0.1) is 0 Å². The summed E-state index contributed by atoms with van der Waals surface area (Å²) < 4.78 is 0. The van der Waals surface area contributed by atoms with Gasteiger partial charge in [0.15, 0.2) is 0 Å². The lowest BCUT2D eigenvalue weighted by molar-refractivity contribution is -0.142. The van der Waals surface area contributed by atoms with Crippen LogP contribution in [0.2, 0.25) is 0 Å². The summed E-state index contributed by atoms with van der Waals surface area (Å²) >= 11 is 0. The van der Waals surface area contributed by atoms with Crippen molar-refractivity contribution in [3.05, 3.63) is 0 Å². The van der Waals surface area contributed by atoms with E-state index in [0.29, 0.717) is 5.92 Å². The number of carbonyl (C=O) groups excluding carboxylic acids is 1. The molecule has 20 heavy (non-hydrogen) atoms. The molecule has 0 aromatic rings. The Kier molecular flexibility index (Phi) is 6.42. The lowest BCUT2D eigenvalue weighted by Crippen LogP contribution is -2.45. The number of carboxylic acid groups (broad SMARTS) is 1. The molecule has 0 aromatic carbocycles. The van der Waals surface area contributed by atoms with Crippen LogP contribution >= 0.6 is 0 Å². The van der Waals surface area contributed by atoms with E-state index < -0.39 is 18.1 Å². The molecule has 1 aliphatic heterocycles. The average Bonchev–Trinajstić information content (AvgIpc) is 2.67. The van der Waals surface area contributed by atoms with Crippen LogP contribution in [0.3, 0.4) is 0 Å². The van der Waals surface area contributed by atoms with E-state index >= 15 is 0 Å². The van der Waals surface area contributed by atoms with Crippen molar-refractivity contribution in [2.45, 2.75) is 58.2 Å². The number of β-amino-alcohol motifs (C(OH)–C–C–N with tert-alkyl or cyclic N) is 1. The van der Waals surface area contributed by atoms with Gasteiger partial charge in [-0.05, 0) is 25.7 Å². The molecular formula is C14H26N2O4. The van der Waals surface area contributed by atoms with Crippen LogP contribution in [0.15, 0.2) is 0 Å². The van der Waals surface area contributed by atoms with E-state index in [-0.39, 0.29) is 31.5 Å². The van der Waals surface area contributed by atoms with Crippen LogP contribution in [0.1, 0.15) is 40.0 Å². The van der Waals surface area contributed by atoms with Crippen molar-refractivity contribution >= 4 is 11.9 Å². The number of aliphatic hydroxyl groups excluding tert-OH is 1. The van der Waals surface area contributed by atoms with E-state index in [9.17, 15) is 14.7 Å². The van der Waals surface area contributed by atoms with Crippen molar-refractivity contribution in [3.63, 3.8) is 0 Å². The Hall–Kier alpha value is -1.14. The third-order valence-corrected chi connectivity index (χ3v) is 3.60. The van der Waals surface area contributed by atoms with Gasteiger partial charge in [-0.1, -0.05) is 13.8 Å². The van der Waals surface area contributed by atoms with E-state index in [1.807, 2.05) is 6.92 Å². The topological polar surface area (TPSA) is 89.9 Å². The second-order valence-electron chi connectivity index (χ2n) is 6.11. The third kappa shape index (κ3) is 5.46. The number of hydrogen-bond donors (Lipinski definition) is 3. The lowest BCUT2D eigenvalue weighted by atomic mass is 10.0. The minimum atomic E-state index is -0.984. The Balaban J connectivity index is 2.39. The molecule has 116 valence electrons. The van der Waals surface area contributed by atoms with E-state index in [1.165, 1.54) is 4.90 Å². The monoisotopic (exact) mass is 286 g/mol. The van der Waals surface area contributed by atoms with Crippen molar-refractivity contribution in [2.75, 3.05) is 13.1 Å². The van der Waals surface area contributed by atoms with E-state index in [1.54, 1.807) is 0 Å². The quantitative estimate of drug-likeness (QED) is 0.632. The number of hydrogen-bond acceptors (Lipinski definition) is 4. The Labute approximate surface area is 120 Å². The van der Waals surface area contributed by atoms with E-state index in [0.717, 1.165) is 12.8 Å². The number of rotatable bonds is 7. The summed E-state index contributed by atoms with van der Waals surface area (Å²) in [6, 6.07) is -0.678. The second-order valence-corrected chi connectivity index (χ2v) is 6.11. The molecule has 0 aromatic heterocycles. The molecule has 1 saturated heterocycles. The maximum atomic E-state index is 11.9. The van der Waals surface area contributed by atoms with Gasteiger partial charge in [0.05, 0.1) is 12.6 Å². The third-order valence-electron chi connectivity index (χ3n) is 3.60. The SMILES string of the molecule is CC(C)CCC(C)NC(=O)CN1CC(O)CC1C(=O)O. The summed E-state index contributed by atoms with van der Waals surface area (Å²) in [5, 5.41) is 21.5. The number of nitrogens with one attached hydrogen (secondary N) is 1. The molecule has 1 aliphatic rings. The van der Waals surface area contributed by atoms with Crippen molar-refractivity contribution < 1.29 is 19.8 Å². The van der Waals surface area contributed by atoms with Gasteiger partial charge in [-0.3, -0.25) is 14.5 Å². The summed E-state index contributed by atoms with van der Waals surface area (Å²) in [6.45, 7) is 6.49. The van der Waals surface area contributed by atoms with Crippen LogP contribution in [0.25, 0.3) is 0 Å². The molecule has 1 fully saturated rings. The maximum absolute atomic E-state index is 11.9. The van der Waals surface area contributed by atoms with Crippen LogP contribution in [-0.2, 0) is 9.59 Å². The smallest absolute Gasteiger partial charge is 0.321 e. The Morgan fingerprint density at radius 1 is 1.30 bits per heavy atom. The first-order valence-electron chi connectivity index (χ1n) is 7.23. The van der Waals surface area contributed by atoms with Crippen LogP contribution < -0.4 is 5.32 Å². The summed E-state index contributed by atoms with van der Waals surface area (Å²) in [5.74, 6) is -0.566. The molecule has 1 amide bonds. The minimum Gasteiger partial charge on any atom is -0.480 e. The summed E-state index contributed by atoms with van der Waals surface area (Å²) in [4.78, 5) is 24.5. The zero-order chi connectivity index (χ0) is 15.3. The molecule has 0 spiro atoms. The first-order valence-corrected chi connectivity index (χ1v) is 7.23. The molecule has 0 bridgehead atoms. The van der Waals surface area contributed by atoms with Gasteiger partial charge in [0.25, 0.3) is 0 Å². The highest BCUT2D eigenvalue weighted by Crippen LogP contribution is 2.17. The predicted molar refractivity (Wildman–Crippen MR) is 75.3 cm³/mol. The highest BCUT2D eigenvalue weighted by molar-refractivity contribution is 5.80. The summed E-state index contributed by atoms with van der Waals surface area (Å²) in [7, 11) is 0. The zero-order valence-electron chi connectivity index (χ0n) is 12.5. The molecule has 1 heterocycles. The van der Waals surface area contributed by atoms with Gasteiger partial charge in [0.2, 0.25) is 5.91 Å². The fraction of sp³-hybridized carbons (Fsp3) is 0.857. The van der Waals surface area contributed by atoms with Crippen molar-refractivity contribution in [2.24, 2.45) is 5.92 Å². The van der Waals surface area contributed by atoms with Crippen LogP contribution in [0, 0.1) is 5.92 Å². The number of aliphatic carboxylic acids is 1. The summed E-state index contributed by atoms with van der Waals surface area (Å²) in [6.07, 6.45) is 1.48. The summed E-state index contributed by atoms with van der Waals surface area (Å²) in [5.41, 5.74) is 0. The largest absolute Gasteiger partial charge is 0.480 e. The van der Waals surface area contributed by atoms with Gasteiger partial charge < -0.3 is 15.5 Å². The number of amides is 1. The molecule has 6 nitrogen and oxygen atoms in total. The highest BCUT2D eigenvalue weighted by Gasteiger charge is 2.36. The zero-order valence-corrected chi connectivity index (χ0v) is 12.5. The Morgan fingerprint density at radius 3 is 2.50 bits per heavy atom. The van der Waals surface area contributed by atoms with Crippen LogP contribution in [-0.4, -0.2) is 58.3 Å². The van der Waals surface area contributed by atoms with Crippen molar-refractivity contribution in [1.29, 1.82) is 0 Å². The van der Waals surface area contributed by atoms with Crippen molar-refractivity contribution in [3.8, 4) is 0 Å². The van der Waals surface area contributed by atoms with E-state index in [4.69, 9.17) is 5.11 Å². The van der Waals surface area contributed by atoms with Gasteiger partial charge in [-0.2, -0.15) is 0 Å². The molecule has 3 unspecified atom stereocenters. The fourth-order valence-corrected chi connectivity index (χ4v) is 2.47. The average molecular weight is 286 g/mol. The highest BCUT2D eigenvalue weighted by atomic mass is 16.4. The second kappa shape index (κ2) is 7.59. The molecule has 0 radical (unpaired) electrons. The lowest BCUT2D eigenvalue weighted by Gasteiger charge is -2.22. The normalized spacial score (nSPS) is 24.9. The van der Waals surface area contributed by atoms with Gasteiger partial charge in [0, 0.05) is 19.0 Å². The van der Waals surface area contributed by atoms with Gasteiger partial charge in [0.1, 0.15) is 6.04 Å². The maximum Gasteiger partial charge on any atom is 0.321 e. The van der Waals surface area contributed by atoms with Gasteiger partial charge >= 0.3 is 5.97 Å². The predicted octanol–water partition coefficient (Wildman–Crippen LogP) is 0.447. The molecular weight excluding hydrogens is 260 g/mol. The number of aliphatic hydroxyl groups is 1. The molecule has 0 aliphatic carbocycles. The number of carboxylic acids is 1. The Bertz CT molecular complexity index is 346. The fourth-order valence-electron chi connectivity index (χ4n) is 2.47. The minimum absolute atomic E-state index is 0.0278. The Morgan fingerprint density at radius 2 is 1.95 bits per heavy atom. The van der Waals surface area contributed by atoms with Crippen LogP contribution in [0.4, 0.5) is 0 Å². The molecule has 1 rings (SSSR count). The molecule has 0 saturated carbocycles. The number of nitrogens with zero attached hydrogens (tertiary/aromatic N) is 1. The molecule has 3 atom stereocenters. The first kappa shape index (κ1) is 16.9.